The van der Waals surface area contributed by atoms with Crippen molar-refractivity contribution in [3.8, 4) is 0 Å². The summed E-state index contributed by atoms with van der Waals surface area (Å²) in [6.07, 6.45) is 1.98. The lowest BCUT2D eigenvalue weighted by Crippen LogP contribution is -2.53. The van der Waals surface area contributed by atoms with Crippen molar-refractivity contribution in [3.63, 3.8) is 0 Å². The SMILES string of the molecule is CC1(C)[C@H]2CCC1(CS(=O)(=O)N1CCN(S(=O)(=O)c3ccc(Cl)cc3)CC1)C(=O)C2. The van der Waals surface area contributed by atoms with E-state index in [4.69, 9.17) is 11.6 Å². The van der Waals surface area contributed by atoms with E-state index in [0.717, 1.165) is 6.42 Å². The first-order valence-electron chi connectivity index (χ1n) is 10.2. The van der Waals surface area contributed by atoms with E-state index < -0.39 is 25.5 Å². The highest BCUT2D eigenvalue weighted by atomic mass is 35.5. The molecule has 2 atom stereocenters. The zero-order chi connectivity index (χ0) is 21.9. The van der Waals surface area contributed by atoms with Gasteiger partial charge in [0.2, 0.25) is 20.0 Å². The van der Waals surface area contributed by atoms with E-state index in [9.17, 15) is 21.6 Å². The van der Waals surface area contributed by atoms with E-state index in [0.29, 0.717) is 17.9 Å². The van der Waals surface area contributed by atoms with E-state index in [1.807, 2.05) is 13.8 Å². The van der Waals surface area contributed by atoms with Crippen molar-refractivity contribution in [2.75, 3.05) is 31.9 Å². The molecule has 1 aromatic carbocycles. The third-order valence-electron chi connectivity index (χ3n) is 7.61. The molecular weight excluding hydrogens is 448 g/mol. The molecule has 0 spiro atoms. The van der Waals surface area contributed by atoms with Gasteiger partial charge in [-0.1, -0.05) is 25.4 Å². The zero-order valence-corrected chi connectivity index (χ0v) is 19.6. The Labute approximate surface area is 183 Å². The Kier molecular flexibility index (Phi) is 5.38. The summed E-state index contributed by atoms with van der Waals surface area (Å²) in [7, 11) is -7.39. The van der Waals surface area contributed by atoms with Crippen molar-refractivity contribution >= 4 is 37.4 Å². The smallest absolute Gasteiger partial charge is 0.243 e. The van der Waals surface area contributed by atoms with Crippen molar-refractivity contribution in [2.24, 2.45) is 16.7 Å². The first kappa shape index (κ1) is 22.2. The molecule has 1 saturated heterocycles. The molecule has 0 radical (unpaired) electrons. The summed E-state index contributed by atoms with van der Waals surface area (Å²) in [5.41, 5.74) is -1.14. The van der Waals surface area contributed by atoms with Crippen LogP contribution in [0.15, 0.2) is 29.2 Å². The Morgan fingerprint density at radius 3 is 2.07 bits per heavy atom. The number of carbonyl (C=O) groups excluding carboxylic acids is 1. The van der Waals surface area contributed by atoms with Crippen LogP contribution in [0.5, 0.6) is 0 Å². The zero-order valence-electron chi connectivity index (χ0n) is 17.2. The lowest BCUT2D eigenvalue weighted by atomic mass is 9.70. The van der Waals surface area contributed by atoms with E-state index in [-0.39, 0.29) is 53.9 Å². The van der Waals surface area contributed by atoms with Crippen molar-refractivity contribution in [2.45, 2.75) is 38.0 Å². The predicted octanol–water partition coefficient (Wildman–Crippen LogP) is 2.37. The van der Waals surface area contributed by atoms with Crippen LogP contribution in [0.1, 0.15) is 33.1 Å². The van der Waals surface area contributed by atoms with Crippen LogP contribution in [0.4, 0.5) is 0 Å². The lowest BCUT2D eigenvalue weighted by Gasteiger charge is -2.39. The molecule has 30 heavy (non-hydrogen) atoms. The van der Waals surface area contributed by atoms with Crippen LogP contribution in [0.25, 0.3) is 0 Å². The van der Waals surface area contributed by atoms with E-state index in [1.165, 1.54) is 32.9 Å². The molecule has 1 aromatic rings. The largest absolute Gasteiger partial charge is 0.299 e. The fourth-order valence-corrected chi connectivity index (χ4v) is 9.21. The van der Waals surface area contributed by atoms with Crippen LogP contribution in [-0.2, 0) is 24.8 Å². The maximum absolute atomic E-state index is 13.2. The fraction of sp³-hybridized carbons (Fsp3) is 0.650. The number of ketones is 1. The minimum atomic E-state index is -3.71. The minimum Gasteiger partial charge on any atom is -0.299 e. The number of nitrogens with zero attached hydrogens (tertiary/aromatic N) is 2. The molecule has 2 aliphatic carbocycles. The van der Waals surface area contributed by atoms with Gasteiger partial charge in [0, 0.05) is 43.0 Å². The summed E-state index contributed by atoms with van der Waals surface area (Å²) >= 11 is 5.84. The standard InChI is InChI=1S/C20H27ClN2O5S2/c1-19(2)15-7-8-20(19,18(24)13-15)14-29(25,26)22-9-11-23(12-10-22)30(27,28)17-5-3-16(21)4-6-17/h3-6,15H,7-14H2,1-2H3/t15-,20?/m0/s1. The molecule has 4 rings (SSSR count). The van der Waals surface area contributed by atoms with Crippen LogP contribution >= 0.6 is 11.6 Å². The Bertz CT molecular complexity index is 1060. The first-order valence-corrected chi connectivity index (χ1v) is 13.6. The maximum atomic E-state index is 13.2. The number of sulfonamides is 2. The van der Waals surface area contributed by atoms with Gasteiger partial charge in [0.05, 0.1) is 10.6 Å². The van der Waals surface area contributed by atoms with Gasteiger partial charge in [-0.15, -0.1) is 0 Å². The third kappa shape index (κ3) is 3.33. The average Bonchev–Trinajstić information content (AvgIpc) is 3.02. The Hall–Kier alpha value is -1.00. The van der Waals surface area contributed by atoms with Gasteiger partial charge in [-0.3, -0.25) is 4.79 Å². The highest BCUT2D eigenvalue weighted by molar-refractivity contribution is 7.89. The van der Waals surface area contributed by atoms with E-state index in [2.05, 4.69) is 0 Å². The Morgan fingerprint density at radius 1 is 1.00 bits per heavy atom. The minimum absolute atomic E-state index is 0.0660. The van der Waals surface area contributed by atoms with Crippen molar-refractivity contribution in [3.05, 3.63) is 29.3 Å². The first-order chi connectivity index (χ1) is 13.9. The molecule has 1 unspecified atom stereocenters. The van der Waals surface area contributed by atoms with Gasteiger partial charge in [-0.05, 0) is 48.4 Å². The molecule has 3 fully saturated rings. The van der Waals surface area contributed by atoms with Gasteiger partial charge >= 0.3 is 0 Å². The van der Waals surface area contributed by atoms with Gasteiger partial charge in [0.25, 0.3) is 0 Å². The molecule has 7 nitrogen and oxygen atoms in total. The number of hydrogen-bond acceptors (Lipinski definition) is 5. The highest BCUT2D eigenvalue weighted by Gasteiger charge is 2.65. The van der Waals surface area contributed by atoms with Gasteiger partial charge in [-0.2, -0.15) is 8.61 Å². The monoisotopic (exact) mass is 474 g/mol. The lowest BCUT2D eigenvalue weighted by molar-refractivity contribution is -0.128. The second-order valence-corrected chi connectivity index (χ2v) is 13.5. The quantitative estimate of drug-likeness (QED) is 0.653. The number of hydrogen-bond donors (Lipinski definition) is 0. The molecule has 2 bridgehead atoms. The number of halogens is 1. The summed E-state index contributed by atoms with van der Waals surface area (Å²) in [4.78, 5) is 12.9. The molecule has 166 valence electrons. The number of carbonyl (C=O) groups is 1. The van der Waals surface area contributed by atoms with E-state index in [1.54, 1.807) is 0 Å². The summed E-state index contributed by atoms with van der Waals surface area (Å²) in [6, 6.07) is 5.93. The normalized spacial score (nSPS) is 30.1. The van der Waals surface area contributed by atoms with Crippen LogP contribution < -0.4 is 0 Å². The number of rotatable bonds is 5. The average molecular weight is 475 g/mol. The van der Waals surface area contributed by atoms with Crippen molar-refractivity contribution < 1.29 is 21.6 Å². The van der Waals surface area contributed by atoms with Crippen LogP contribution in [-0.4, -0.2) is 63.2 Å². The molecule has 2 saturated carbocycles. The number of benzene rings is 1. The summed E-state index contributed by atoms with van der Waals surface area (Å²) in [5.74, 6) is 0.143. The van der Waals surface area contributed by atoms with Crippen molar-refractivity contribution in [1.82, 2.24) is 8.61 Å². The molecule has 0 amide bonds. The summed E-state index contributed by atoms with van der Waals surface area (Å²) in [5, 5.41) is 0.447. The number of Topliss-reactive ketones (excluding diaryl/α,β-unsaturated/α-hetero) is 1. The molecule has 3 aliphatic rings. The van der Waals surface area contributed by atoms with Crippen LogP contribution in [0, 0.1) is 16.7 Å². The van der Waals surface area contributed by atoms with E-state index >= 15 is 0 Å². The second-order valence-electron chi connectivity index (χ2n) is 9.18. The maximum Gasteiger partial charge on any atom is 0.243 e. The molecule has 0 N–H and O–H groups in total. The fourth-order valence-electron chi connectivity index (χ4n) is 5.45. The molecule has 0 aromatic heterocycles. The summed E-state index contributed by atoms with van der Waals surface area (Å²) in [6.45, 7) is 4.37. The molecular formula is C20H27ClN2O5S2. The molecule has 1 aliphatic heterocycles. The van der Waals surface area contributed by atoms with Gasteiger partial charge < -0.3 is 0 Å². The second kappa shape index (κ2) is 7.27. The number of fused-ring (bicyclic) bond motifs is 2. The van der Waals surface area contributed by atoms with Crippen LogP contribution in [0.2, 0.25) is 5.02 Å². The van der Waals surface area contributed by atoms with Crippen LogP contribution in [0.3, 0.4) is 0 Å². The molecule has 1 heterocycles. The third-order valence-corrected chi connectivity index (χ3v) is 11.8. The Morgan fingerprint density at radius 2 is 1.57 bits per heavy atom. The van der Waals surface area contributed by atoms with Gasteiger partial charge in [-0.25, -0.2) is 16.8 Å². The van der Waals surface area contributed by atoms with Gasteiger partial charge in [0.1, 0.15) is 5.78 Å². The number of piperazine rings is 1. The molecule has 10 heteroatoms. The topological polar surface area (TPSA) is 91.8 Å². The highest BCUT2D eigenvalue weighted by Crippen LogP contribution is 2.64. The van der Waals surface area contributed by atoms with Gasteiger partial charge in [0.15, 0.2) is 0 Å². The Balaban J connectivity index is 1.47. The predicted molar refractivity (Wildman–Crippen MR) is 114 cm³/mol. The summed E-state index contributed by atoms with van der Waals surface area (Å²) < 4.78 is 54.7. The van der Waals surface area contributed by atoms with Crippen molar-refractivity contribution in [1.29, 1.82) is 0 Å².